The smallest absolute Gasteiger partial charge is 0.0863 e. The van der Waals surface area contributed by atoms with Crippen molar-refractivity contribution in [2.45, 2.75) is 26.1 Å². The summed E-state index contributed by atoms with van der Waals surface area (Å²) < 4.78 is 6.04. The molecule has 0 aliphatic heterocycles. The second-order valence-electron chi connectivity index (χ2n) is 4.72. The topological polar surface area (TPSA) is 9.23 Å². The molecule has 2 aromatic carbocycles. The number of hydrogen-bond donors (Lipinski definition) is 0. The first-order valence-electron chi connectivity index (χ1n) is 6.62. The lowest BCUT2D eigenvalue weighted by molar-refractivity contribution is 0.0417. The lowest BCUT2D eigenvalue weighted by Gasteiger charge is -2.17. The Bertz CT molecular complexity index is 516. The molecule has 2 aromatic rings. The van der Waals surface area contributed by atoms with Gasteiger partial charge in [0.05, 0.1) is 12.7 Å². The van der Waals surface area contributed by atoms with Gasteiger partial charge in [-0.2, -0.15) is 0 Å². The SMILES string of the molecule is C=CCC(OCc1ccccc1)c1cccc(C)c1. The predicted octanol–water partition coefficient (Wildman–Crippen LogP) is 4.83. The molecule has 0 aliphatic carbocycles. The Kier molecular flexibility index (Phi) is 4.93. The maximum Gasteiger partial charge on any atom is 0.0863 e. The molecule has 1 atom stereocenters. The standard InChI is InChI=1S/C18H20O/c1-3-8-18(17-12-7-9-15(2)13-17)19-14-16-10-5-4-6-11-16/h3-7,9-13,18H,1,8,14H2,2H3. The van der Waals surface area contributed by atoms with Crippen LogP contribution in [0.4, 0.5) is 0 Å². The molecule has 0 spiro atoms. The Labute approximate surface area is 115 Å². The molecule has 0 fully saturated rings. The van der Waals surface area contributed by atoms with E-state index in [2.05, 4.69) is 49.9 Å². The zero-order valence-corrected chi connectivity index (χ0v) is 11.4. The zero-order chi connectivity index (χ0) is 13.5. The molecule has 2 rings (SSSR count). The van der Waals surface area contributed by atoms with Crippen LogP contribution < -0.4 is 0 Å². The van der Waals surface area contributed by atoms with Gasteiger partial charge in [0.2, 0.25) is 0 Å². The molecule has 0 heterocycles. The van der Waals surface area contributed by atoms with Crippen molar-refractivity contribution in [3.05, 3.63) is 83.9 Å². The van der Waals surface area contributed by atoms with E-state index in [1.807, 2.05) is 24.3 Å². The molecule has 19 heavy (non-hydrogen) atoms. The van der Waals surface area contributed by atoms with Crippen molar-refractivity contribution in [1.82, 2.24) is 0 Å². The van der Waals surface area contributed by atoms with Crippen molar-refractivity contribution in [3.8, 4) is 0 Å². The van der Waals surface area contributed by atoms with Gasteiger partial charge in [-0.3, -0.25) is 0 Å². The van der Waals surface area contributed by atoms with Crippen LogP contribution in [0.5, 0.6) is 0 Å². The van der Waals surface area contributed by atoms with Gasteiger partial charge in [0.25, 0.3) is 0 Å². The minimum absolute atomic E-state index is 0.0811. The Morgan fingerprint density at radius 2 is 1.89 bits per heavy atom. The summed E-state index contributed by atoms with van der Waals surface area (Å²) in [5, 5.41) is 0. The second kappa shape index (κ2) is 6.91. The van der Waals surface area contributed by atoms with E-state index in [-0.39, 0.29) is 6.10 Å². The fraction of sp³-hybridized carbons (Fsp3) is 0.222. The van der Waals surface area contributed by atoms with Gasteiger partial charge in [-0.15, -0.1) is 6.58 Å². The van der Waals surface area contributed by atoms with E-state index in [0.717, 1.165) is 6.42 Å². The largest absolute Gasteiger partial charge is 0.369 e. The molecule has 98 valence electrons. The van der Waals surface area contributed by atoms with Crippen LogP contribution in [-0.2, 0) is 11.3 Å². The van der Waals surface area contributed by atoms with Crippen LogP contribution in [0.15, 0.2) is 67.3 Å². The number of benzene rings is 2. The number of ether oxygens (including phenoxy) is 1. The Morgan fingerprint density at radius 3 is 2.58 bits per heavy atom. The summed E-state index contributed by atoms with van der Waals surface area (Å²) in [5.41, 5.74) is 3.68. The minimum atomic E-state index is 0.0811. The van der Waals surface area contributed by atoms with Gasteiger partial charge in [-0.1, -0.05) is 66.2 Å². The molecule has 0 amide bonds. The molecule has 1 heteroatoms. The van der Waals surface area contributed by atoms with E-state index < -0.39 is 0 Å². The first kappa shape index (κ1) is 13.6. The van der Waals surface area contributed by atoms with Gasteiger partial charge in [-0.25, -0.2) is 0 Å². The summed E-state index contributed by atoms with van der Waals surface area (Å²) in [6.07, 6.45) is 2.83. The van der Waals surface area contributed by atoms with Crippen molar-refractivity contribution in [1.29, 1.82) is 0 Å². The maximum absolute atomic E-state index is 6.04. The minimum Gasteiger partial charge on any atom is -0.369 e. The molecule has 0 N–H and O–H groups in total. The van der Waals surface area contributed by atoms with E-state index in [9.17, 15) is 0 Å². The Balaban J connectivity index is 2.06. The van der Waals surface area contributed by atoms with Gasteiger partial charge >= 0.3 is 0 Å². The summed E-state index contributed by atoms with van der Waals surface area (Å²) in [6.45, 7) is 6.56. The third-order valence-electron chi connectivity index (χ3n) is 3.09. The fourth-order valence-corrected chi connectivity index (χ4v) is 2.09. The highest BCUT2D eigenvalue weighted by Gasteiger charge is 2.10. The quantitative estimate of drug-likeness (QED) is 0.669. The lowest BCUT2D eigenvalue weighted by atomic mass is 10.0. The van der Waals surface area contributed by atoms with E-state index >= 15 is 0 Å². The van der Waals surface area contributed by atoms with Crippen LogP contribution in [0.3, 0.4) is 0 Å². The van der Waals surface area contributed by atoms with E-state index in [0.29, 0.717) is 6.61 Å². The number of aryl methyl sites for hydroxylation is 1. The highest BCUT2D eigenvalue weighted by molar-refractivity contribution is 5.24. The van der Waals surface area contributed by atoms with E-state index in [4.69, 9.17) is 4.74 Å². The van der Waals surface area contributed by atoms with Crippen molar-refractivity contribution < 1.29 is 4.74 Å². The summed E-state index contributed by atoms with van der Waals surface area (Å²) >= 11 is 0. The molecule has 0 saturated carbocycles. The molecular weight excluding hydrogens is 232 g/mol. The van der Waals surface area contributed by atoms with Crippen LogP contribution in [0.2, 0.25) is 0 Å². The maximum atomic E-state index is 6.04. The van der Waals surface area contributed by atoms with Crippen molar-refractivity contribution in [2.24, 2.45) is 0 Å². The molecule has 0 saturated heterocycles. The third-order valence-corrected chi connectivity index (χ3v) is 3.09. The van der Waals surface area contributed by atoms with Gasteiger partial charge in [0.15, 0.2) is 0 Å². The lowest BCUT2D eigenvalue weighted by Crippen LogP contribution is -2.04. The molecule has 0 radical (unpaired) electrons. The van der Waals surface area contributed by atoms with Crippen molar-refractivity contribution in [3.63, 3.8) is 0 Å². The molecule has 1 unspecified atom stereocenters. The Morgan fingerprint density at radius 1 is 1.11 bits per heavy atom. The van der Waals surface area contributed by atoms with E-state index in [1.54, 1.807) is 0 Å². The summed E-state index contributed by atoms with van der Waals surface area (Å²) in [5.74, 6) is 0. The highest BCUT2D eigenvalue weighted by atomic mass is 16.5. The normalized spacial score (nSPS) is 12.1. The number of rotatable bonds is 6. The first-order chi connectivity index (χ1) is 9.29. The molecule has 1 nitrogen and oxygen atoms in total. The van der Waals surface area contributed by atoms with Crippen LogP contribution in [0.1, 0.15) is 29.2 Å². The second-order valence-corrected chi connectivity index (χ2v) is 4.72. The molecule has 0 aromatic heterocycles. The van der Waals surface area contributed by atoms with Gasteiger partial charge in [-0.05, 0) is 24.5 Å². The first-order valence-corrected chi connectivity index (χ1v) is 6.62. The van der Waals surface area contributed by atoms with Gasteiger partial charge in [0, 0.05) is 0 Å². The molecule has 0 bridgehead atoms. The van der Waals surface area contributed by atoms with Gasteiger partial charge < -0.3 is 4.74 Å². The average Bonchev–Trinajstić information content (AvgIpc) is 2.44. The monoisotopic (exact) mass is 252 g/mol. The highest BCUT2D eigenvalue weighted by Crippen LogP contribution is 2.23. The van der Waals surface area contributed by atoms with Crippen LogP contribution in [0, 0.1) is 6.92 Å². The average molecular weight is 252 g/mol. The van der Waals surface area contributed by atoms with E-state index in [1.165, 1.54) is 16.7 Å². The van der Waals surface area contributed by atoms with Crippen LogP contribution in [0.25, 0.3) is 0 Å². The fourth-order valence-electron chi connectivity index (χ4n) is 2.09. The third kappa shape index (κ3) is 4.08. The summed E-state index contributed by atoms with van der Waals surface area (Å²) in [4.78, 5) is 0. The molecule has 0 aliphatic rings. The summed E-state index contributed by atoms with van der Waals surface area (Å²) in [7, 11) is 0. The number of hydrogen-bond acceptors (Lipinski definition) is 1. The zero-order valence-electron chi connectivity index (χ0n) is 11.4. The van der Waals surface area contributed by atoms with Gasteiger partial charge in [0.1, 0.15) is 0 Å². The van der Waals surface area contributed by atoms with Crippen molar-refractivity contribution >= 4 is 0 Å². The Hall–Kier alpha value is -1.86. The summed E-state index contributed by atoms with van der Waals surface area (Å²) in [6, 6.07) is 18.7. The van der Waals surface area contributed by atoms with Crippen molar-refractivity contribution in [2.75, 3.05) is 0 Å². The molecular formula is C18H20O. The van der Waals surface area contributed by atoms with Crippen LogP contribution in [-0.4, -0.2) is 0 Å². The van der Waals surface area contributed by atoms with Crippen LogP contribution >= 0.6 is 0 Å². The predicted molar refractivity (Wildman–Crippen MR) is 80.0 cm³/mol.